The first-order chi connectivity index (χ1) is 10.7. The third-order valence-corrected chi connectivity index (χ3v) is 5.25. The number of rotatable bonds is 2. The molecule has 2 aromatic rings. The topological polar surface area (TPSA) is 20.3 Å². The van der Waals surface area contributed by atoms with Gasteiger partial charge < -0.3 is 4.90 Å². The quantitative estimate of drug-likeness (QED) is 0.805. The summed E-state index contributed by atoms with van der Waals surface area (Å²) in [4.78, 5) is 14.9. The highest BCUT2D eigenvalue weighted by molar-refractivity contribution is 6.30. The monoisotopic (exact) mass is 311 g/mol. The van der Waals surface area contributed by atoms with Gasteiger partial charge in [0.25, 0.3) is 0 Å². The minimum absolute atomic E-state index is 0.114. The molecule has 2 aliphatic heterocycles. The Bertz CT molecular complexity index is 682. The predicted molar refractivity (Wildman–Crippen MR) is 89.3 cm³/mol. The van der Waals surface area contributed by atoms with Gasteiger partial charge in [-0.3, -0.25) is 4.79 Å². The van der Waals surface area contributed by atoms with Crippen LogP contribution in [0, 0.1) is 5.92 Å². The van der Waals surface area contributed by atoms with Gasteiger partial charge in [0.1, 0.15) is 5.78 Å². The first-order valence-corrected chi connectivity index (χ1v) is 8.23. The molecule has 2 nitrogen and oxygen atoms in total. The van der Waals surface area contributed by atoms with Crippen molar-refractivity contribution in [2.75, 3.05) is 4.90 Å². The normalized spacial score (nSPS) is 27.2. The third kappa shape index (κ3) is 2.22. The van der Waals surface area contributed by atoms with Crippen molar-refractivity contribution in [3.63, 3.8) is 0 Å². The fourth-order valence-corrected chi connectivity index (χ4v) is 4.16. The predicted octanol–water partition coefficient (Wildman–Crippen LogP) is 4.64. The van der Waals surface area contributed by atoms with Crippen molar-refractivity contribution in [1.29, 1.82) is 0 Å². The number of carbonyl (C=O) groups is 1. The molecule has 1 aliphatic carbocycles. The highest BCUT2D eigenvalue weighted by Crippen LogP contribution is 2.47. The molecule has 3 aliphatic rings. The Kier molecular flexibility index (Phi) is 3.42. The van der Waals surface area contributed by atoms with Crippen molar-refractivity contribution in [2.45, 2.75) is 31.3 Å². The Morgan fingerprint density at radius 3 is 2.36 bits per heavy atom. The van der Waals surface area contributed by atoms with Gasteiger partial charge in [-0.25, -0.2) is 0 Å². The lowest BCUT2D eigenvalue weighted by Gasteiger charge is -2.52. The van der Waals surface area contributed by atoms with E-state index in [1.165, 1.54) is 11.3 Å². The standard InChI is InChI=1S/C19H18ClNO/c20-14-6-8-15(9-7-14)21-16-10-11-17(18(22)12-16)19(21)13-4-2-1-3-5-13/h1-9,16-17,19H,10-12H2/t16-,17+,19-/m1/s1. The maximum absolute atomic E-state index is 12.4. The number of nitrogens with zero attached hydrogens (tertiary/aromatic N) is 1. The number of anilines is 1. The minimum atomic E-state index is 0.114. The first kappa shape index (κ1) is 13.8. The molecule has 0 radical (unpaired) electrons. The second kappa shape index (κ2) is 5.44. The van der Waals surface area contributed by atoms with E-state index in [0.29, 0.717) is 18.2 Å². The van der Waals surface area contributed by atoms with Gasteiger partial charge in [0.15, 0.2) is 0 Å². The zero-order valence-electron chi connectivity index (χ0n) is 12.3. The van der Waals surface area contributed by atoms with E-state index in [-0.39, 0.29) is 12.0 Å². The first-order valence-electron chi connectivity index (χ1n) is 7.85. The SMILES string of the molecule is O=C1C[C@H]2CC[C@@H]1[C@@H](c1ccccc1)N2c1ccc(Cl)cc1. The number of carbonyl (C=O) groups excluding carboxylic acids is 1. The van der Waals surface area contributed by atoms with Gasteiger partial charge in [0.2, 0.25) is 0 Å². The summed E-state index contributed by atoms with van der Waals surface area (Å²) < 4.78 is 0. The van der Waals surface area contributed by atoms with Gasteiger partial charge in [0.05, 0.1) is 6.04 Å². The van der Waals surface area contributed by atoms with E-state index >= 15 is 0 Å². The Morgan fingerprint density at radius 2 is 1.68 bits per heavy atom. The average Bonchev–Trinajstić information content (AvgIpc) is 2.56. The number of ketones is 1. The van der Waals surface area contributed by atoms with Gasteiger partial charge in [-0.1, -0.05) is 41.9 Å². The molecule has 3 atom stereocenters. The summed E-state index contributed by atoms with van der Waals surface area (Å²) in [6.45, 7) is 0. The fraction of sp³-hybridized carbons (Fsp3) is 0.316. The van der Waals surface area contributed by atoms with Crippen LogP contribution in [-0.4, -0.2) is 11.8 Å². The second-order valence-corrected chi connectivity index (χ2v) is 6.68. The number of Topliss-reactive ketones (excluding diaryl/α,β-unsaturated/α-hetero) is 1. The molecule has 2 saturated heterocycles. The highest BCUT2D eigenvalue weighted by atomic mass is 35.5. The van der Waals surface area contributed by atoms with Crippen LogP contribution in [0.2, 0.25) is 5.02 Å². The lowest BCUT2D eigenvalue weighted by Crippen LogP contribution is -2.54. The van der Waals surface area contributed by atoms with Crippen molar-refractivity contribution < 1.29 is 4.79 Å². The molecule has 1 saturated carbocycles. The van der Waals surface area contributed by atoms with E-state index in [1.54, 1.807) is 0 Å². The van der Waals surface area contributed by atoms with E-state index in [2.05, 4.69) is 41.3 Å². The molecule has 3 fully saturated rings. The molecule has 0 N–H and O–H groups in total. The fourth-order valence-electron chi connectivity index (χ4n) is 4.04. The van der Waals surface area contributed by atoms with E-state index in [9.17, 15) is 4.79 Å². The molecule has 2 bridgehead atoms. The zero-order valence-corrected chi connectivity index (χ0v) is 13.0. The molecule has 5 rings (SSSR count). The summed E-state index contributed by atoms with van der Waals surface area (Å²) in [7, 11) is 0. The summed E-state index contributed by atoms with van der Waals surface area (Å²) in [5, 5.41) is 0.748. The summed E-state index contributed by atoms with van der Waals surface area (Å²) in [6, 6.07) is 18.9. The molecule has 22 heavy (non-hydrogen) atoms. The van der Waals surface area contributed by atoms with Crippen LogP contribution in [0.1, 0.15) is 30.9 Å². The van der Waals surface area contributed by atoms with Crippen LogP contribution < -0.4 is 4.90 Å². The maximum Gasteiger partial charge on any atom is 0.140 e. The number of hydrogen-bond donors (Lipinski definition) is 0. The largest absolute Gasteiger partial charge is 0.360 e. The number of fused-ring (bicyclic) bond motifs is 3. The van der Waals surface area contributed by atoms with Crippen molar-refractivity contribution in [3.05, 3.63) is 65.2 Å². The second-order valence-electron chi connectivity index (χ2n) is 6.25. The smallest absolute Gasteiger partial charge is 0.140 e. The maximum atomic E-state index is 12.4. The lowest BCUT2D eigenvalue weighted by atomic mass is 9.71. The van der Waals surface area contributed by atoms with E-state index in [4.69, 9.17) is 11.6 Å². The summed E-state index contributed by atoms with van der Waals surface area (Å²) in [5.41, 5.74) is 2.40. The summed E-state index contributed by atoms with van der Waals surface area (Å²) >= 11 is 6.03. The third-order valence-electron chi connectivity index (χ3n) is 5.00. The minimum Gasteiger partial charge on any atom is -0.360 e. The number of benzene rings is 2. The molecule has 112 valence electrons. The molecule has 3 heteroatoms. The van der Waals surface area contributed by atoms with E-state index in [1.807, 2.05) is 18.2 Å². The Labute approximate surface area is 135 Å². The Hall–Kier alpha value is -1.80. The van der Waals surface area contributed by atoms with Crippen molar-refractivity contribution in [1.82, 2.24) is 0 Å². The molecule has 0 spiro atoms. The summed E-state index contributed by atoms with van der Waals surface area (Å²) in [6.07, 6.45) is 2.78. The van der Waals surface area contributed by atoms with Gasteiger partial charge in [0, 0.05) is 29.1 Å². The van der Waals surface area contributed by atoms with Crippen molar-refractivity contribution >= 4 is 23.1 Å². The molecule has 2 aromatic carbocycles. The van der Waals surface area contributed by atoms with Crippen LogP contribution in [0.5, 0.6) is 0 Å². The van der Waals surface area contributed by atoms with Crippen LogP contribution in [0.4, 0.5) is 5.69 Å². The summed E-state index contributed by atoms with van der Waals surface area (Å²) in [5.74, 6) is 0.540. The van der Waals surface area contributed by atoms with Crippen LogP contribution in [0.25, 0.3) is 0 Å². The molecular weight excluding hydrogens is 294 g/mol. The number of hydrogen-bond acceptors (Lipinski definition) is 2. The highest BCUT2D eigenvalue weighted by Gasteiger charge is 2.47. The number of halogens is 1. The van der Waals surface area contributed by atoms with Crippen molar-refractivity contribution in [2.24, 2.45) is 5.92 Å². The van der Waals surface area contributed by atoms with Gasteiger partial charge >= 0.3 is 0 Å². The molecule has 0 unspecified atom stereocenters. The Balaban J connectivity index is 1.80. The number of piperidine rings is 2. The molecule has 2 heterocycles. The van der Waals surface area contributed by atoms with E-state index < -0.39 is 0 Å². The van der Waals surface area contributed by atoms with Crippen LogP contribution in [0.3, 0.4) is 0 Å². The molecule has 0 amide bonds. The Morgan fingerprint density at radius 1 is 0.955 bits per heavy atom. The lowest BCUT2D eigenvalue weighted by molar-refractivity contribution is -0.128. The van der Waals surface area contributed by atoms with Gasteiger partial charge in [-0.2, -0.15) is 0 Å². The van der Waals surface area contributed by atoms with Crippen LogP contribution in [-0.2, 0) is 4.79 Å². The van der Waals surface area contributed by atoms with Gasteiger partial charge in [-0.05, 0) is 42.7 Å². The van der Waals surface area contributed by atoms with Crippen molar-refractivity contribution in [3.8, 4) is 0 Å². The van der Waals surface area contributed by atoms with Crippen LogP contribution >= 0.6 is 11.6 Å². The van der Waals surface area contributed by atoms with Crippen LogP contribution in [0.15, 0.2) is 54.6 Å². The van der Waals surface area contributed by atoms with Gasteiger partial charge in [-0.15, -0.1) is 0 Å². The molecular formula is C19H18ClNO. The average molecular weight is 312 g/mol. The zero-order chi connectivity index (χ0) is 15.1. The molecule has 0 aromatic heterocycles. The van der Waals surface area contributed by atoms with E-state index in [0.717, 1.165) is 17.9 Å².